The number of carbonyl (C=O) groups is 4. The third kappa shape index (κ3) is 3.01. The van der Waals surface area contributed by atoms with Crippen LogP contribution in [-0.2, 0) is 38.1 Å². The quantitative estimate of drug-likeness (QED) is 0.479. The Morgan fingerprint density at radius 2 is 1.53 bits per heavy atom. The predicted octanol–water partition coefficient (Wildman–Crippen LogP) is -0.947. The van der Waals surface area contributed by atoms with Gasteiger partial charge in [-0.2, -0.15) is 0 Å². The number of methoxy groups -OCH3 is 3. The fourth-order valence-corrected chi connectivity index (χ4v) is 1.90. The Bertz CT molecular complexity index is 373. The van der Waals surface area contributed by atoms with Gasteiger partial charge in [-0.05, 0) is 0 Å². The van der Waals surface area contributed by atoms with Crippen LogP contribution >= 0.6 is 0 Å². The van der Waals surface area contributed by atoms with Crippen molar-refractivity contribution in [2.75, 3.05) is 21.3 Å². The molecule has 0 N–H and O–H groups in total. The molecule has 1 fully saturated rings. The summed E-state index contributed by atoms with van der Waals surface area (Å²) in [6.07, 6.45) is -1.87. The normalized spacial score (nSPS) is 26.1. The number of cyclic esters (lactones) is 1. The fraction of sp³-hybridized carbons (Fsp3) is 0.636. The molecule has 8 heteroatoms. The molecule has 19 heavy (non-hydrogen) atoms. The maximum Gasteiger partial charge on any atom is 0.348 e. The van der Waals surface area contributed by atoms with Gasteiger partial charge in [0.1, 0.15) is 5.92 Å². The molecule has 1 aliphatic heterocycles. The summed E-state index contributed by atoms with van der Waals surface area (Å²) in [5.74, 6) is -5.77. The molecule has 1 saturated heterocycles. The van der Waals surface area contributed by atoms with Gasteiger partial charge in [0.15, 0.2) is 0 Å². The topological polar surface area (TPSA) is 105 Å². The summed E-state index contributed by atoms with van der Waals surface area (Å²) >= 11 is 0. The zero-order chi connectivity index (χ0) is 14.6. The van der Waals surface area contributed by atoms with E-state index in [2.05, 4.69) is 14.2 Å². The molecule has 0 aromatic rings. The largest absolute Gasteiger partial charge is 0.469 e. The van der Waals surface area contributed by atoms with Crippen LogP contribution in [0.4, 0.5) is 0 Å². The van der Waals surface area contributed by atoms with Crippen LogP contribution in [0.25, 0.3) is 0 Å². The minimum atomic E-state index is -1.51. The van der Waals surface area contributed by atoms with Crippen molar-refractivity contribution in [3.05, 3.63) is 0 Å². The zero-order valence-electron chi connectivity index (χ0n) is 10.7. The molecule has 1 rings (SSSR count). The first-order valence-corrected chi connectivity index (χ1v) is 5.39. The Morgan fingerprint density at radius 1 is 1.00 bits per heavy atom. The number of hydrogen-bond donors (Lipinski definition) is 0. The molecule has 0 aliphatic carbocycles. The van der Waals surface area contributed by atoms with Crippen LogP contribution in [0.2, 0.25) is 0 Å². The SMILES string of the molecule is COC(=O)C1CC(=O)OC(C(=O)OC)C1C(=O)OC. The number of carbonyl (C=O) groups excluding carboxylic acids is 4. The van der Waals surface area contributed by atoms with Gasteiger partial charge in [0.2, 0.25) is 6.10 Å². The lowest BCUT2D eigenvalue weighted by Gasteiger charge is -2.32. The van der Waals surface area contributed by atoms with E-state index in [0.29, 0.717) is 0 Å². The van der Waals surface area contributed by atoms with Gasteiger partial charge in [0, 0.05) is 0 Å². The highest BCUT2D eigenvalue weighted by molar-refractivity contribution is 5.93. The molecule has 3 atom stereocenters. The molecule has 8 nitrogen and oxygen atoms in total. The Labute approximate surface area is 108 Å². The summed E-state index contributed by atoms with van der Waals surface area (Å²) in [5, 5.41) is 0. The lowest BCUT2D eigenvalue weighted by Crippen LogP contribution is -2.50. The van der Waals surface area contributed by atoms with Crippen LogP contribution in [-0.4, -0.2) is 51.3 Å². The average Bonchev–Trinajstić information content (AvgIpc) is 2.43. The maximum absolute atomic E-state index is 11.7. The van der Waals surface area contributed by atoms with E-state index in [0.717, 1.165) is 21.3 Å². The molecule has 0 aromatic heterocycles. The molecule has 3 unspecified atom stereocenters. The molecular weight excluding hydrogens is 260 g/mol. The van der Waals surface area contributed by atoms with E-state index in [1.165, 1.54) is 0 Å². The summed E-state index contributed by atoms with van der Waals surface area (Å²) in [5.41, 5.74) is 0. The summed E-state index contributed by atoms with van der Waals surface area (Å²) in [6.45, 7) is 0. The van der Waals surface area contributed by atoms with Crippen molar-refractivity contribution in [1.82, 2.24) is 0 Å². The van der Waals surface area contributed by atoms with Gasteiger partial charge < -0.3 is 18.9 Å². The summed E-state index contributed by atoms with van der Waals surface area (Å²) in [6, 6.07) is 0. The zero-order valence-corrected chi connectivity index (χ0v) is 10.7. The second kappa shape index (κ2) is 6.17. The highest BCUT2D eigenvalue weighted by Crippen LogP contribution is 2.30. The van der Waals surface area contributed by atoms with Crippen molar-refractivity contribution in [2.45, 2.75) is 12.5 Å². The third-order valence-electron chi connectivity index (χ3n) is 2.82. The van der Waals surface area contributed by atoms with Crippen LogP contribution in [0, 0.1) is 11.8 Å². The first-order valence-electron chi connectivity index (χ1n) is 5.39. The number of hydrogen-bond acceptors (Lipinski definition) is 8. The third-order valence-corrected chi connectivity index (χ3v) is 2.82. The molecule has 0 saturated carbocycles. The molecule has 0 spiro atoms. The number of ether oxygens (including phenoxy) is 4. The second-order valence-electron chi connectivity index (χ2n) is 3.82. The molecule has 1 aliphatic rings. The van der Waals surface area contributed by atoms with E-state index in [4.69, 9.17) is 4.74 Å². The molecule has 0 bridgehead atoms. The van der Waals surface area contributed by atoms with E-state index < -0.39 is 41.8 Å². The average molecular weight is 274 g/mol. The van der Waals surface area contributed by atoms with E-state index in [-0.39, 0.29) is 6.42 Å². The van der Waals surface area contributed by atoms with Crippen molar-refractivity contribution in [2.24, 2.45) is 11.8 Å². The van der Waals surface area contributed by atoms with Gasteiger partial charge in [-0.15, -0.1) is 0 Å². The molecular formula is C11H14O8. The maximum atomic E-state index is 11.7. The second-order valence-corrected chi connectivity index (χ2v) is 3.82. The minimum Gasteiger partial charge on any atom is -0.469 e. The lowest BCUT2D eigenvalue weighted by molar-refractivity contribution is -0.190. The first kappa shape index (κ1) is 14.9. The number of rotatable bonds is 3. The van der Waals surface area contributed by atoms with Crippen molar-refractivity contribution < 1.29 is 38.1 Å². The Hall–Kier alpha value is -2.12. The van der Waals surface area contributed by atoms with Gasteiger partial charge in [0.05, 0.1) is 33.7 Å². The van der Waals surface area contributed by atoms with Crippen LogP contribution in [0.5, 0.6) is 0 Å². The first-order chi connectivity index (χ1) is 8.96. The molecule has 106 valence electrons. The van der Waals surface area contributed by atoms with Crippen LogP contribution in [0.1, 0.15) is 6.42 Å². The minimum absolute atomic E-state index is 0.361. The predicted molar refractivity (Wildman–Crippen MR) is 57.5 cm³/mol. The van der Waals surface area contributed by atoms with E-state index in [9.17, 15) is 19.2 Å². The molecule has 0 aromatic carbocycles. The summed E-state index contributed by atoms with van der Waals surface area (Å²) < 4.78 is 18.3. The van der Waals surface area contributed by atoms with Crippen molar-refractivity contribution in [3.63, 3.8) is 0 Å². The summed E-state index contributed by atoms with van der Waals surface area (Å²) in [7, 11) is 3.29. The Morgan fingerprint density at radius 3 is 2.00 bits per heavy atom. The van der Waals surface area contributed by atoms with Crippen molar-refractivity contribution >= 4 is 23.9 Å². The van der Waals surface area contributed by atoms with Crippen LogP contribution in [0.3, 0.4) is 0 Å². The van der Waals surface area contributed by atoms with Gasteiger partial charge in [-0.3, -0.25) is 14.4 Å². The standard InChI is InChI=1S/C11H14O8/c1-16-9(13)5-4-6(12)19-8(11(15)18-3)7(5)10(14)17-2/h5,7-8H,4H2,1-3H3. The van der Waals surface area contributed by atoms with E-state index in [1.807, 2.05) is 0 Å². The fourth-order valence-electron chi connectivity index (χ4n) is 1.90. The van der Waals surface area contributed by atoms with Gasteiger partial charge in [-0.25, -0.2) is 4.79 Å². The van der Waals surface area contributed by atoms with E-state index in [1.54, 1.807) is 0 Å². The van der Waals surface area contributed by atoms with Gasteiger partial charge in [-0.1, -0.05) is 0 Å². The number of esters is 4. The monoisotopic (exact) mass is 274 g/mol. The van der Waals surface area contributed by atoms with Gasteiger partial charge >= 0.3 is 23.9 Å². The Balaban J connectivity index is 3.13. The van der Waals surface area contributed by atoms with Crippen LogP contribution in [0.15, 0.2) is 0 Å². The lowest BCUT2D eigenvalue weighted by atomic mass is 9.83. The highest BCUT2D eigenvalue weighted by atomic mass is 16.6. The summed E-state index contributed by atoms with van der Waals surface area (Å²) in [4.78, 5) is 46.2. The van der Waals surface area contributed by atoms with Crippen molar-refractivity contribution in [3.8, 4) is 0 Å². The van der Waals surface area contributed by atoms with Gasteiger partial charge in [0.25, 0.3) is 0 Å². The molecule has 0 radical (unpaired) electrons. The van der Waals surface area contributed by atoms with E-state index >= 15 is 0 Å². The smallest absolute Gasteiger partial charge is 0.348 e. The highest BCUT2D eigenvalue weighted by Gasteiger charge is 2.51. The Kier molecular flexibility index (Phi) is 4.85. The molecule has 0 amide bonds. The van der Waals surface area contributed by atoms with Crippen LogP contribution < -0.4 is 0 Å². The molecule has 1 heterocycles. The van der Waals surface area contributed by atoms with Crippen molar-refractivity contribution in [1.29, 1.82) is 0 Å².